The topological polar surface area (TPSA) is 101 Å². The van der Waals surface area contributed by atoms with Gasteiger partial charge in [0.05, 0.1) is 12.0 Å². The van der Waals surface area contributed by atoms with Crippen LogP contribution in [0.3, 0.4) is 0 Å². The second kappa shape index (κ2) is 10.1. The van der Waals surface area contributed by atoms with E-state index in [1.165, 1.54) is 12.1 Å². The Morgan fingerprint density at radius 1 is 1.06 bits per heavy atom. The summed E-state index contributed by atoms with van der Waals surface area (Å²) < 4.78 is 33.4. The van der Waals surface area contributed by atoms with Gasteiger partial charge in [-0.05, 0) is 79.4 Å². The molecule has 1 fully saturated rings. The maximum absolute atomic E-state index is 12.9. The number of aryl methyl sites for hydroxylation is 1. The maximum atomic E-state index is 12.9. The number of amides is 1. The van der Waals surface area contributed by atoms with Crippen LogP contribution in [0.5, 0.6) is 5.75 Å². The van der Waals surface area contributed by atoms with Gasteiger partial charge >= 0.3 is 0 Å². The molecule has 9 heteroatoms. The fourth-order valence-electron chi connectivity index (χ4n) is 3.85. The Balaban J connectivity index is 1.46. The van der Waals surface area contributed by atoms with E-state index in [1.54, 1.807) is 50.6 Å². The molecule has 0 bridgehead atoms. The van der Waals surface area contributed by atoms with Crippen LogP contribution in [-0.4, -0.2) is 39.5 Å². The lowest BCUT2D eigenvalue weighted by atomic mass is 10.1. The third-order valence-electron chi connectivity index (χ3n) is 5.80. The van der Waals surface area contributed by atoms with Crippen molar-refractivity contribution in [2.75, 3.05) is 29.8 Å². The van der Waals surface area contributed by atoms with Crippen molar-refractivity contribution >= 4 is 27.4 Å². The number of aromatic nitrogens is 1. The van der Waals surface area contributed by atoms with Crippen molar-refractivity contribution in [3.63, 3.8) is 0 Å². The van der Waals surface area contributed by atoms with Gasteiger partial charge in [-0.3, -0.25) is 9.52 Å². The molecule has 1 aliphatic heterocycles. The van der Waals surface area contributed by atoms with Crippen molar-refractivity contribution in [1.82, 2.24) is 10.3 Å². The van der Waals surface area contributed by atoms with Crippen molar-refractivity contribution < 1.29 is 17.9 Å². The molecule has 4 rings (SSSR count). The highest BCUT2D eigenvalue weighted by Gasteiger charge is 2.19. The van der Waals surface area contributed by atoms with Gasteiger partial charge in [-0.2, -0.15) is 0 Å². The third-order valence-corrected chi connectivity index (χ3v) is 7.18. The van der Waals surface area contributed by atoms with Crippen molar-refractivity contribution in [2.24, 2.45) is 0 Å². The van der Waals surface area contributed by atoms with Gasteiger partial charge in [0.25, 0.3) is 15.9 Å². The number of pyridine rings is 1. The molecule has 0 spiro atoms. The second-order valence-electron chi connectivity index (χ2n) is 8.21. The van der Waals surface area contributed by atoms with Gasteiger partial charge in [-0.1, -0.05) is 6.07 Å². The molecule has 0 saturated carbocycles. The number of methoxy groups -OCH3 is 1. The van der Waals surface area contributed by atoms with Crippen LogP contribution in [0.15, 0.2) is 65.7 Å². The van der Waals surface area contributed by atoms with Crippen molar-refractivity contribution in [3.05, 3.63) is 77.5 Å². The molecule has 1 amide bonds. The Labute approximate surface area is 200 Å². The number of carbonyl (C=O) groups excluding carboxylic acids is 1. The zero-order valence-corrected chi connectivity index (χ0v) is 20.1. The number of anilines is 2. The van der Waals surface area contributed by atoms with Crippen molar-refractivity contribution in [2.45, 2.75) is 31.2 Å². The van der Waals surface area contributed by atoms with E-state index >= 15 is 0 Å². The predicted octanol–water partition coefficient (Wildman–Crippen LogP) is 3.73. The normalized spacial score (nSPS) is 13.5. The molecule has 2 heterocycles. The van der Waals surface area contributed by atoms with Gasteiger partial charge in [-0.25, -0.2) is 13.4 Å². The van der Waals surface area contributed by atoms with Crippen LogP contribution >= 0.6 is 0 Å². The number of benzene rings is 2. The van der Waals surface area contributed by atoms with E-state index in [0.29, 0.717) is 29.1 Å². The number of hydrogen-bond acceptors (Lipinski definition) is 6. The van der Waals surface area contributed by atoms with Crippen LogP contribution in [0.2, 0.25) is 0 Å². The zero-order valence-electron chi connectivity index (χ0n) is 19.2. The molecular formula is C25H28N4O4S. The standard InChI is InChI=1S/C25H28N4O4S/c1-18-5-10-22(34(31,32)28-20-6-8-21(33-2)9-7-20)16-23(18)25(30)27-17-19-11-12-26-24(15-19)29-13-3-4-14-29/h5-12,15-16,28H,3-4,13-14,17H2,1-2H3,(H,27,30). The van der Waals surface area contributed by atoms with Crippen LogP contribution in [0.4, 0.5) is 11.5 Å². The van der Waals surface area contributed by atoms with Crippen LogP contribution in [-0.2, 0) is 16.6 Å². The molecule has 178 valence electrons. The number of rotatable bonds is 8. The summed E-state index contributed by atoms with van der Waals surface area (Å²) in [4.78, 5) is 19.6. The van der Waals surface area contributed by atoms with Gasteiger partial charge in [0.15, 0.2) is 0 Å². The van der Waals surface area contributed by atoms with Crippen LogP contribution in [0.1, 0.15) is 34.3 Å². The predicted molar refractivity (Wildman–Crippen MR) is 132 cm³/mol. The van der Waals surface area contributed by atoms with Crippen molar-refractivity contribution in [3.8, 4) is 5.75 Å². The summed E-state index contributed by atoms with van der Waals surface area (Å²) in [7, 11) is -2.33. The maximum Gasteiger partial charge on any atom is 0.261 e. The fourth-order valence-corrected chi connectivity index (χ4v) is 4.94. The Morgan fingerprint density at radius 3 is 2.50 bits per heavy atom. The van der Waals surface area contributed by atoms with E-state index in [0.717, 1.165) is 37.3 Å². The molecule has 1 saturated heterocycles. The molecule has 0 atom stereocenters. The largest absolute Gasteiger partial charge is 0.497 e. The van der Waals surface area contributed by atoms with Crippen molar-refractivity contribution in [1.29, 1.82) is 0 Å². The van der Waals surface area contributed by atoms with Crippen LogP contribution < -0.4 is 19.7 Å². The third kappa shape index (κ3) is 5.48. The molecule has 0 radical (unpaired) electrons. The first-order valence-corrected chi connectivity index (χ1v) is 12.6. The average molecular weight is 481 g/mol. The summed E-state index contributed by atoms with van der Waals surface area (Å²) in [5, 5.41) is 2.90. The van der Waals surface area contributed by atoms with Gasteiger partial charge in [0.1, 0.15) is 11.6 Å². The number of sulfonamides is 1. The highest BCUT2D eigenvalue weighted by Crippen LogP contribution is 2.22. The molecule has 1 aromatic heterocycles. The first-order valence-electron chi connectivity index (χ1n) is 11.1. The lowest BCUT2D eigenvalue weighted by Gasteiger charge is -2.17. The Kier molecular flexibility index (Phi) is 7.02. The molecular weight excluding hydrogens is 452 g/mol. The molecule has 2 N–H and O–H groups in total. The summed E-state index contributed by atoms with van der Waals surface area (Å²) in [6, 6.07) is 14.9. The minimum absolute atomic E-state index is 0.0132. The minimum Gasteiger partial charge on any atom is -0.497 e. The van der Waals surface area contributed by atoms with E-state index in [-0.39, 0.29) is 10.8 Å². The first kappa shape index (κ1) is 23.6. The molecule has 34 heavy (non-hydrogen) atoms. The number of carbonyl (C=O) groups is 1. The number of nitrogens with one attached hydrogen (secondary N) is 2. The van der Waals surface area contributed by atoms with Gasteiger partial charge in [0, 0.05) is 37.1 Å². The zero-order chi connectivity index (χ0) is 24.1. The summed E-state index contributed by atoms with van der Waals surface area (Å²) in [5.41, 5.74) is 2.34. The summed E-state index contributed by atoms with van der Waals surface area (Å²) in [6.07, 6.45) is 4.07. The lowest BCUT2D eigenvalue weighted by molar-refractivity contribution is 0.0950. The Hall–Kier alpha value is -3.59. The number of hydrogen-bond donors (Lipinski definition) is 2. The minimum atomic E-state index is -3.87. The van der Waals surface area contributed by atoms with E-state index in [4.69, 9.17) is 4.74 Å². The number of nitrogens with zero attached hydrogens (tertiary/aromatic N) is 2. The average Bonchev–Trinajstić information content (AvgIpc) is 3.38. The first-order chi connectivity index (χ1) is 16.4. The van der Waals surface area contributed by atoms with Crippen LogP contribution in [0.25, 0.3) is 0 Å². The molecule has 3 aromatic rings. The fraction of sp³-hybridized carbons (Fsp3) is 0.280. The monoisotopic (exact) mass is 480 g/mol. The second-order valence-corrected chi connectivity index (χ2v) is 9.89. The molecule has 0 aliphatic carbocycles. The van der Waals surface area contributed by atoms with Gasteiger partial charge in [-0.15, -0.1) is 0 Å². The van der Waals surface area contributed by atoms with Gasteiger partial charge < -0.3 is 15.0 Å². The Morgan fingerprint density at radius 2 is 1.79 bits per heavy atom. The molecule has 1 aliphatic rings. The van der Waals surface area contributed by atoms with Gasteiger partial charge in [0.2, 0.25) is 0 Å². The lowest BCUT2D eigenvalue weighted by Crippen LogP contribution is -2.25. The quantitative estimate of drug-likeness (QED) is 0.510. The molecule has 8 nitrogen and oxygen atoms in total. The van der Waals surface area contributed by atoms with E-state index < -0.39 is 10.0 Å². The SMILES string of the molecule is COc1ccc(NS(=O)(=O)c2ccc(C)c(C(=O)NCc3ccnc(N4CCCC4)c3)c2)cc1. The van der Waals surface area contributed by atoms with E-state index in [1.807, 2.05) is 12.1 Å². The highest BCUT2D eigenvalue weighted by molar-refractivity contribution is 7.92. The summed E-state index contributed by atoms with van der Waals surface area (Å²) in [5.74, 6) is 1.20. The summed E-state index contributed by atoms with van der Waals surface area (Å²) >= 11 is 0. The molecule has 2 aromatic carbocycles. The van der Waals surface area contributed by atoms with Crippen LogP contribution in [0, 0.1) is 6.92 Å². The van der Waals surface area contributed by atoms with E-state index in [2.05, 4.69) is 19.9 Å². The smallest absolute Gasteiger partial charge is 0.261 e. The molecule has 0 unspecified atom stereocenters. The van der Waals surface area contributed by atoms with E-state index in [9.17, 15) is 13.2 Å². The highest BCUT2D eigenvalue weighted by atomic mass is 32.2. The number of ether oxygens (including phenoxy) is 1. The Bertz CT molecular complexity index is 1270. The summed E-state index contributed by atoms with van der Waals surface area (Å²) in [6.45, 7) is 4.09.